The van der Waals surface area contributed by atoms with Crippen molar-refractivity contribution in [1.82, 2.24) is 10.6 Å². The van der Waals surface area contributed by atoms with Crippen LogP contribution in [-0.4, -0.2) is 26.3 Å². The fraction of sp³-hybridized carbons (Fsp3) is 0.444. The lowest BCUT2D eigenvalue weighted by molar-refractivity contribution is 0.171. The summed E-state index contributed by atoms with van der Waals surface area (Å²) in [6.07, 6.45) is 6.38. The molecule has 0 aromatic rings. The molecule has 1 amide bonds. The van der Waals surface area contributed by atoms with Crippen LogP contribution >= 0.6 is 0 Å². The first-order chi connectivity index (χ1) is 6.33. The monoisotopic (exact) mass is 182 g/mol. The number of nitrogens with one attached hydrogen (secondary N) is 2. The highest BCUT2D eigenvalue weighted by Crippen LogP contribution is 2.02. The van der Waals surface area contributed by atoms with Crippen LogP contribution in [0.4, 0.5) is 4.79 Å². The van der Waals surface area contributed by atoms with Crippen molar-refractivity contribution in [2.24, 2.45) is 0 Å². The molecule has 0 aromatic carbocycles. The Balaban J connectivity index is 2.15. The van der Waals surface area contributed by atoms with Crippen molar-refractivity contribution in [3.05, 3.63) is 23.9 Å². The van der Waals surface area contributed by atoms with E-state index in [9.17, 15) is 4.79 Å². The molecule has 1 aliphatic heterocycles. The standard InChI is InChI=1S/C9H14N2O2/c1-13-9(12)11-6-4-8-3-2-5-10-7-8/h2-3,5,10H,4,6-7H2,1H3,(H,11,12). The zero-order chi connectivity index (χ0) is 9.52. The summed E-state index contributed by atoms with van der Waals surface area (Å²) in [4.78, 5) is 10.7. The summed E-state index contributed by atoms with van der Waals surface area (Å²) >= 11 is 0. The van der Waals surface area contributed by atoms with E-state index in [4.69, 9.17) is 0 Å². The molecule has 0 fully saturated rings. The molecule has 0 radical (unpaired) electrons. The molecule has 0 atom stereocenters. The average molecular weight is 182 g/mol. The Kier molecular flexibility index (Phi) is 3.88. The normalized spacial score (nSPS) is 14.4. The number of ether oxygens (including phenoxy) is 1. The minimum absolute atomic E-state index is 0.375. The number of amides is 1. The summed E-state index contributed by atoms with van der Waals surface area (Å²) in [6.45, 7) is 1.48. The Hall–Kier alpha value is -1.45. The molecule has 0 aromatic heterocycles. The van der Waals surface area contributed by atoms with E-state index in [-0.39, 0.29) is 6.09 Å². The van der Waals surface area contributed by atoms with Crippen LogP contribution in [0.15, 0.2) is 23.9 Å². The molecule has 0 aliphatic carbocycles. The van der Waals surface area contributed by atoms with Crippen LogP contribution in [0.1, 0.15) is 6.42 Å². The van der Waals surface area contributed by atoms with E-state index in [2.05, 4.69) is 21.4 Å². The number of alkyl carbamates (subject to hydrolysis) is 1. The minimum Gasteiger partial charge on any atom is -0.453 e. The first-order valence-corrected chi connectivity index (χ1v) is 4.22. The summed E-state index contributed by atoms with van der Waals surface area (Å²) in [6, 6.07) is 0. The molecular formula is C9H14N2O2. The van der Waals surface area contributed by atoms with Gasteiger partial charge < -0.3 is 15.4 Å². The molecule has 1 rings (SSSR count). The fourth-order valence-electron chi connectivity index (χ4n) is 1.07. The number of hydrogen-bond donors (Lipinski definition) is 2. The van der Waals surface area contributed by atoms with Crippen LogP contribution in [-0.2, 0) is 4.74 Å². The highest BCUT2D eigenvalue weighted by atomic mass is 16.5. The first kappa shape index (κ1) is 9.64. The van der Waals surface area contributed by atoms with Crippen molar-refractivity contribution >= 4 is 6.09 Å². The lowest BCUT2D eigenvalue weighted by Gasteiger charge is -2.10. The van der Waals surface area contributed by atoms with Crippen molar-refractivity contribution in [2.45, 2.75) is 6.42 Å². The average Bonchev–Trinajstić information content (AvgIpc) is 2.19. The second-order valence-electron chi connectivity index (χ2n) is 2.73. The number of carbonyl (C=O) groups is 1. The Morgan fingerprint density at radius 2 is 2.62 bits per heavy atom. The van der Waals surface area contributed by atoms with Crippen molar-refractivity contribution < 1.29 is 9.53 Å². The summed E-state index contributed by atoms with van der Waals surface area (Å²) in [5.74, 6) is 0. The Morgan fingerprint density at radius 1 is 1.77 bits per heavy atom. The molecule has 0 saturated carbocycles. The minimum atomic E-state index is -0.375. The molecule has 0 unspecified atom stereocenters. The van der Waals surface area contributed by atoms with E-state index in [0.29, 0.717) is 6.54 Å². The van der Waals surface area contributed by atoms with E-state index in [0.717, 1.165) is 13.0 Å². The number of hydrogen-bond acceptors (Lipinski definition) is 3. The number of dihydropyridines is 1. The number of carbonyl (C=O) groups excluding carboxylic acids is 1. The van der Waals surface area contributed by atoms with Gasteiger partial charge in [0.15, 0.2) is 0 Å². The fourth-order valence-corrected chi connectivity index (χ4v) is 1.07. The van der Waals surface area contributed by atoms with E-state index in [1.807, 2.05) is 12.3 Å². The van der Waals surface area contributed by atoms with Crippen molar-refractivity contribution in [2.75, 3.05) is 20.2 Å². The Bertz CT molecular complexity index is 234. The molecule has 4 nitrogen and oxygen atoms in total. The van der Waals surface area contributed by atoms with Gasteiger partial charge in [0.2, 0.25) is 0 Å². The van der Waals surface area contributed by atoms with Crippen LogP contribution in [0.2, 0.25) is 0 Å². The van der Waals surface area contributed by atoms with Crippen molar-refractivity contribution in [3.63, 3.8) is 0 Å². The molecule has 72 valence electrons. The maximum Gasteiger partial charge on any atom is 0.406 e. The molecular weight excluding hydrogens is 168 g/mol. The molecule has 0 bridgehead atoms. The van der Waals surface area contributed by atoms with Crippen molar-refractivity contribution in [3.8, 4) is 0 Å². The number of rotatable bonds is 3. The van der Waals surface area contributed by atoms with Crippen LogP contribution < -0.4 is 10.6 Å². The van der Waals surface area contributed by atoms with Gasteiger partial charge in [-0.3, -0.25) is 0 Å². The second-order valence-corrected chi connectivity index (χ2v) is 2.73. The lowest BCUT2D eigenvalue weighted by Crippen LogP contribution is -2.25. The van der Waals surface area contributed by atoms with Gasteiger partial charge in [-0.25, -0.2) is 4.79 Å². The zero-order valence-electron chi connectivity index (χ0n) is 7.67. The van der Waals surface area contributed by atoms with Crippen molar-refractivity contribution in [1.29, 1.82) is 0 Å². The Labute approximate surface area is 77.6 Å². The van der Waals surface area contributed by atoms with E-state index >= 15 is 0 Å². The molecule has 0 spiro atoms. The molecule has 1 aliphatic rings. The smallest absolute Gasteiger partial charge is 0.406 e. The molecule has 2 N–H and O–H groups in total. The van der Waals surface area contributed by atoms with Gasteiger partial charge in [0.25, 0.3) is 0 Å². The quantitative estimate of drug-likeness (QED) is 0.678. The zero-order valence-corrected chi connectivity index (χ0v) is 7.67. The highest BCUT2D eigenvalue weighted by Gasteiger charge is 2.00. The van der Waals surface area contributed by atoms with Gasteiger partial charge in [0, 0.05) is 13.1 Å². The van der Waals surface area contributed by atoms with Gasteiger partial charge in [-0.15, -0.1) is 0 Å². The largest absolute Gasteiger partial charge is 0.453 e. The maximum absolute atomic E-state index is 10.7. The lowest BCUT2D eigenvalue weighted by atomic mass is 10.1. The predicted molar refractivity (Wildman–Crippen MR) is 50.3 cm³/mol. The van der Waals surface area contributed by atoms with Gasteiger partial charge in [-0.2, -0.15) is 0 Å². The van der Waals surface area contributed by atoms with Gasteiger partial charge in [-0.05, 0) is 24.3 Å². The molecule has 4 heteroatoms. The Morgan fingerprint density at radius 3 is 3.23 bits per heavy atom. The topological polar surface area (TPSA) is 50.4 Å². The van der Waals surface area contributed by atoms with Gasteiger partial charge >= 0.3 is 6.09 Å². The predicted octanol–water partition coefficient (Wildman–Crippen LogP) is 0.776. The third-order valence-corrected chi connectivity index (χ3v) is 1.78. The summed E-state index contributed by atoms with van der Waals surface area (Å²) < 4.78 is 4.44. The van der Waals surface area contributed by atoms with E-state index < -0.39 is 0 Å². The van der Waals surface area contributed by atoms with Crippen LogP contribution in [0.3, 0.4) is 0 Å². The number of allylic oxidation sites excluding steroid dienone is 2. The maximum atomic E-state index is 10.7. The van der Waals surface area contributed by atoms with Gasteiger partial charge in [0.1, 0.15) is 0 Å². The van der Waals surface area contributed by atoms with E-state index in [1.165, 1.54) is 12.7 Å². The van der Waals surface area contributed by atoms with Gasteiger partial charge in [0.05, 0.1) is 7.11 Å². The molecule has 13 heavy (non-hydrogen) atoms. The SMILES string of the molecule is COC(=O)NCCC1=CC=CNC1. The molecule has 0 saturated heterocycles. The molecule has 1 heterocycles. The van der Waals surface area contributed by atoms with Gasteiger partial charge in [-0.1, -0.05) is 6.08 Å². The second kappa shape index (κ2) is 5.24. The number of methoxy groups -OCH3 is 1. The van der Waals surface area contributed by atoms with Crippen LogP contribution in [0, 0.1) is 0 Å². The third kappa shape index (κ3) is 3.64. The van der Waals surface area contributed by atoms with Crippen LogP contribution in [0.5, 0.6) is 0 Å². The van der Waals surface area contributed by atoms with E-state index in [1.54, 1.807) is 0 Å². The highest BCUT2D eigenvalue weighted by molar-refractivity contribution is 5.66. The summed E-state index contributed by atoms with van der Waals surface area (Å²) in [7, 11) is 1.36. The van der Waals surface area contributed by atoms with Crippen LogP contribution in [0.25, 0.3) is 0 Å². The summed E-state index contributed by atoms with van der Waals surface area (Å²) in [5, 5.41) is 5.72. The summed E-state index contributed by atoms with van der Waals surface area (Å²) in [5.41, 5.74) is 1.28. The third-order valence-electron chi connectivity index (χ3n) is 1.78. The first-order valence-electron chi connectivity index (χ1n) is 4.22.